The summed E-state index contributed by atoms with van der Waals surface area (Å²) in [7, 11) is 1.78. The number of pyridine rings is 1. The number of nitrogen functional groups attached to an aromatic ring is 1. The van der Waals surface area contributed by atoms with Crippen molar-refractivity contribution in [2.75, 3.05) is 12.3 Å². The Morgan fingerprint density at radius 1 is 1.62 bits per heavy atom. The zero-order valence-electron chi connectivity index (χ0n) is 7.63. The molecule has 2 rings (SSSR count). The molecule has 1 aromatic rings. The highest BCUT2D eigenvalue weighted by Gasteiger charge is 2.13. The Morgan fingerprint density at radius 2 is 2.38 bits per heavy atom. The lowest BCUT2D eigenvalue weighted by molar-refractivity contribution is 0.599. The zero-order valence-corrected chi connectivity index (χ0v) is 7.63. The van der Waals surface area contributed by atoms with Crippen molar-refractivity contribution >= 4 is 5.69 Å². The summed E-state index contributed by atoms with van der Waals surface area (Å²) in [6, 6.07) is 1.78. The fourth-order valence-electron chi connectivity index (χ4n) is 1.78. The summed E-state index contributed by atoms with van der Waals surface area (Å²) in [5.41, 5.74) is 8.09. The van der Waals surface area contributed by atoms with Gasteiger partial charge in [-0.1, -0.05) is 0 Å². The van der Waals surface area contributed by atoms with E-state index in [4.69, 9.17) is 5.73 Å². The maximum Gasteiger partial charge on any atom is 0.273 e. The van der Waals surface area contributed by atoms with Crippen LogP contribution in [0.1, 0.15) is 11.3 Å². The van der Waals surface area contributed by atoms with E-state index in [1.807, 2.05) is 0 Å². The lowest BCUT2D eigenvalue weighted by Crippen LogP contribution is -2.32. The molecular formula is C9H13N3O. The SMILES string of the molecule is Cn1c2c(cc(N)c1=O)CNCC2. The predicted molar refractivity (Wildman–Crippen MR) is 51.5 cm³/mol. The molecule has 0 atom stereocenters. The van der Waals surface area contributed by atoms with Gasteiger partial charge in [0.05, 0.1) is 5.69 Å². The first-order valence-corrected chi connectivity index (χ1v) is 4.38. The third-order valence-corrected chi connectivity index (χ3v) is 2.51. The van der Waals surface area contributed by atoms with Crippen molar-refractivity contribution in [1.29, 1.82) is 0 Å². The van der Waals surface area contributed by atoms with E-state index in [0.29, 0.717) is 5.69 Å². The average molecular weight is 179 g/mol. The van der Waals surface area contributed by atoms with Gasteiger partial charge in [0.25, 0.3) is 5.56 Å². The van der Waals surface area contributed by atoms with Crippen LogP contribution in [0.4, 0.5) is 5.69 Å². The average Bonchev–Trinajstić information content (AvgIpc) is 2.15. The van der Waals surface area contributed by atoms with Gasteiger partial charge >= 0.3 is 0 Å². The highest BCUT2D eigenvalue weighted by molar-refractivity contribution is 5.41. The molecule has 0 saturated carbocycles. The number of fused-ring (bicyclic) bond motifs is 1. The van der Waals surface area contributed by atoms with Gasteiger partial charge in [0.15, 0.2) is 0 Å². The van der Waals surface area contributed by atoms with Gasteiger partial charge in [-0.2, -0.15) is 0 Å². The summed E-state index contributed by atoms with van der Waals surface area (Å²) in [6.07, 6.45) is 0.904. The Hall–Kier alpha value is -1.29. The molecule has 0 fully saturated rings. The van der Waals surface area contributed by atoms with E-state index in [1.165, 1.54) is 0 Å². The molecule has 0 saturated heterocycles. The van der Waals surface area contributed by atoms with Gasteiger partial charge in [0.2, 0.25) is 0 Å². The van der Waals surface area contributed by atoms with Gasteiger partial charge in [-0.25, -0.2) is 0 Å². The van der Waals surface area contributed by atoms with Crippen LogP contribution in [0, 0.1) is 0 Å². The minimum atomic E-state index is -0.0827. The molecule has 0 unspecified atom stereocenters. The zero-order chi connectivity index (χ0) is 9.42. The first-order chi connectivity index (χ1) is 6.20. The molecule has 1 aliphatic rings. The van der Waals surface area contributed by atoms with Crippen molar-refractivity contribution in [3.05, 3.63) is 27.7 Å². The van der Waals surface area contributed by atoms with Gasteiger partial charge in [-0.15, -0.1) is 0 Å². The molecule has 0 bridgehead atoms. The number of nitrogens with two attached hydrogens (primary N) is 1. The summed E-state index contributed by atoms with van der Waals surface area (Å²) in [5.74, 6) is 0. The van der Waals surface area contributed by atoms with Crippen LogP contribution in [0.5, 0.6) is 0 Å². The van der Waals surface area contributed by atoms with Crippen molar-refractivity contribution < 1.29 is 0 Å². The summed E-state index contributed by atoms with van der Waals surface area (Å²) in [6.45, 7) is 1.75. The van der Waals surface area contributed by atoms with Crippen LogP contribution >= 0.6 is 0 Å². The smallest absolute Gasteiger partial charge is 0.273 e. The van der Waals surface area contributed by atoms with E-state index < -0.39 is 0 Å². The number of nitrogens with one attached hydrogen (secondary N) is 1. The molecule has 4 nitrogen and oxygen atoms in total. The van der Waals surface area contributed by atoms with Gasteiger partial charge in [-0.3, -0.25) is 4.79 Å². The van der Waals surface area contributed by atoms with E-state index >= 15 is 0 Å². The second kappa shape index (κ2) is 2.88. The molecule has 3 N–H and O–H groups in total. The number of anilines is 1. The first kappa shape index (κ1) is 8.31. The number of aromatic nitrogens is 1. The molecule has 1 aliphatic heterocycles. The van der Waals surface area contributed by atoms with E-state index in [-0.39, 0.29) is 5.56 Å². The molecular weight excluding hydrogens is 166 g/mol. The summed E-state index contributed by atoms with van der Waals surface area (Å²) in [5, 5.41) is 3.24. The second-order valence-corrected chi connectivity index (χ2v) is 3.36. The minimum Gasteiger partial charge on any atom is -0.394 e. The fourth-order valence-corrected chi connectivity index (χ4v) is 1.78. The van der Waals surface area contributed by atoms with Crippen LogP contribution in [-0.4, -0.2) is 11.1 Å². The van der Waals surface area contributed by atoms with Crippen LogP contribution in [0.25, 0.3) is 0 Å². The van der Waals surface area contributed by atoms with Gasteiger partial charge in [0.1, 0.15) is 0 Å². The van der Waals surface area contributed by atoms with E-state index in [2.05, 4.69) is 5.32 Å². The minimum absolute atomic E-state index is 0.0827. The van der Waals surface area contributed by atoms with Gasteiger partial charge in [0, 0.05) is 32.3 Å². The van der Waals surface area contributed by atoms with E-state index in [9.17, 15) is 4.79 Å². The normalized spacial score (nSPS) is 15.5. The van der Waals surface area contributed by atoms with Crippen LogP contribution in [0.3, 0.4) is 0 Å². The molecule has 1 aromatic heterocycles. The van der Waals surface area contributed by atoms with Crippen molar-refractivity contribution in [3.63, 3.8) is 0 Å². The third kappa shape index (κ3) is 1.23. The Labute approximate surface area is 76.4 Å². The van der Waals surface area contributed by atoms with Crippen LogP contribution in [-0.2, 0) is 20.0 Å². The molecule has 0 amide bonds. The number of nitrogens with zero attached hydrogens (tertiary/aromatic N) is 1. The van der Waals surface area contributed by atoms with E-state index in [1.54, 1.807) is 17.7 Å². The molecule has 70 valence electrons. The standard InChI is InChI=1S/C9H13N3O/c1-12-8-2-3-11-5-6(8)4-7(10)9(12)13/h4,11H,2-3,5,10H2,1H3. The number of rotatable bonds is 0. The summed E-state index contributed by atoms with van der Waals surface area (Å²) < 4.78 is 1.66. The second-order valence-electron chi connectivity index (χ2n) is 3.36. The molecule has 4 heteroatoms. The van der Waals surface area contributed by atoms with Gasteiger partial charge in [-0.05, 0) is 11.6 Å². The molecule has 2 heterocycles. The van der Waals surface area contributed by atoms with E-state index in [0.717, 1.165) is 30.8 Å². The first-order valence-electron chi connectivity index (χ1n) is 4.38. The van der Waals surface area contributed by atoms with Crippen molar-refractivity contribution in [3.8, 4) is 0 Å². The molecule has 13 heavy (non-hydrogen) atoms. The Bertz CT molecular complexity index is 395. The molecule has 0 aromatic carbocycles. The maximum absolute atomic E-state index is 11.5. The lowest BCUT2D eigenvalue weighted by atomic mass is 10.1. The quantitative estimate of drug-likeness (QED) is 0.570. The molecule has 0 aliphatic carbocycles. The Morgan fingerprint density at radius 3 is 3.15 bits per heavy atom. The summed E-state index contributed by atoms with van der Waals surface area (Å²) in [4.78, 5) is 11.5. The molecule has 0 spiro atoms. The molecule has 0 radical (unpaired) electrons. The highest BCUT2D eigenvalue weighted by Crippen LogP contribution is 2.12. The largest absolute Gasteiger partial charge is 0.394 e. The van der Waals surface area contributed by atoms with Crippen molar-refractivity contribution in [1.82, 2.24) is 9.88 Å². The monoisotopic (exact) mass is 179 g/mol. The number of hydrogen-bond acceptors (Lipinski definition) is 3. The fraction of sp³-hybridized carbons (Fsp3) is 0.444. The third-order valence-electron chi connectivity index (χ3n) is 2.51. The summed E-state index contributed by atoms with van der Waals surface area (Å²) >= 11 is 0. The lowest BCUT2D eigenvalue weighted by Gasteiger charge is -2.20. The predicted octanol–water partition coefficient (Wildman–Crippen LogP) is -0.387. The Balaban J connectivity index is 2.67. The topological polar surface area (TPSA) is 60.0 Å². The number of hydrogen-bond donors (Lipinski definition) is 2. The van der Waals surface area contributed by atoms with Crippen LogP contribution in [0.15, 0.2) is 10.9 Å². The highest BCUT2D eigenvalue weighted by atomic mass is 16.1. The van der Waals surface area contributed by atoms with Crippen LogP contribution in [0.2, 0.25) is 0 Å². The maximum atomic E-state index is 11.5. The van der Waals surface area contributed by atoms with Crippen molar-refractivity contribution in [2.24, 2.45) is 7.05 Å². The Kier molecular flexibility index (Phi) is 1.84. The van der Waals surface area contributed by atoms with Crippen molar-refractivity contribution in [2.45, 2.75) is 13.0 Å². The van der Waals surface area contributed by atoms with Gasteiger partial charge < -0.3 is 15.6 Å². The van der Waals surface area contributed by atoms with Crippen LogP contribution < -0.4 is 16.6 Å².